The Labute approximate surface area is 194 Å². The molecular weight excluding hydrogens is 430 g/mol. The average Bonchev–Trinajstić information content (AvgIpc) is 3.17. The van der Waals surface area contributed by atoms with Crippen LogP contribution in [0.1, 0.15) is 42.1 Å². The van der Waals surface area contributed by atoms with Gasteiger partial charge in [-0.15, -0.1) is 12.4 Å². The van der Waals surface area contributed by atoms with E-state index in [1.807, 2.05) is 19.1 Å². The third kappa shape index (κ3) is 4.24. The molecule has 4 rings (SSSR count). The van der Waals surface area contributed by atoms with Crippen LogP contribution in [0.4, 0.5) is 5.69 Å². The molecule has 1 aliphatic carbocycles. The fraction of sp³-hybridized carbons (Fsp3) is 0.500. The van der Waals surface area contributed by atoms with E-state index in [1.54, 1.807) is 0 Å². The Morgan fingerprint density at radius 2 is 1.88 bits per heavy atom. The van der Waals surface area contributed by atoms with E-state index in [0.717, 1.165) is 30.3 Å². The average molecular weight is 462 g/mol. The maximum atomic E-state index is 12.2. The van der Waals surface area contributed by atoms with Crippen molar-refractivity contribution in [1.29, 1.82) is 0 Å². The second kappa shape index (κ2) is 9.55. The zero-order valence-corrected chi connectivity index (χ0v) is 19.6. The molecule has 1 aromatic carbocycles. The van der Waals surface area contributed by atoms with E-state index in [4.69, 9.17) is 0 Å². The van der Waals surface area contributed by atoms with E-state index in [2.05, 4.69) is 41.0 Å². The normalized spacial score (nSPS) is 22.5. The Kier molecular flexibility index (Phi) is 7.20. The predicted octanol–water partition coefficient (Wildman–Crippen LogP) is 3.60. The summed E-state index contributed by atoms with van der Waals surface area (Å²) >= 11 is 0. The summed E-state index contributed by atoms with van der Waals surface area (Å²) in [6, 6.07) is 8.61. The molecule has 0 spiro atoms. The molecule has 0 radical (unpaired) electrons. The highest BCUT2D eigenvalue weighted by molar-refractivity contribution is 5.92. The van der Waals surface area contributed by atoms with Gasteiger partial charge < -0.3 is 25.0 Å². The topological polar surface area (TPSA) is 96.9 Å². The van der Waals surface area contributed by atoms with Gasteiger partial charge in [0.25, 0.3) is 5.56 Å². The molecule has 2 fully saturated rings. The molecule has 2 aliphatic rings. The maximum Gasteiger partial charge on any atom is 0.345 e. The molecule has 1 aliphatic heterocycles. The van der Waals surface area contributed by atoms with Crippen LogP contribution in [0.5, 0.6) is 5.75 Å². The number of aromatic amines is 1. The Morgan fingerprint density at radius 1 is 1.19 bits per heavy atom. The lowest BCUT2D eigenvalue weighted by Crippen LogP contribution is -2.41. The van der Waals surface area contributed by atoms with Crippen LogP contribution >= 0.6 is 12.4 Å². The lowest BCUT2D eigenvalue weighted by atomic mass is 9.77. The highest BCUT2D eigenvalue weighted by Gasteiger charge is 2.41. The number of benzene rings is 1. The van der Waals surface area contributed by atoms with E-state index in [0.29, 0.717) is 29.6 Å². The van der Waals surface area contributed by atoms with Crippen LogP contribution in [0.2, 0.25) is 0 Å². The maximum absolute atomic E-state index is 12.2. The van der Waals surface area contributed by atoms with Gasteiger partial charge in [-0.2, -0.15) is 0 Å². The van der Waals surface area contributed by atoms with Gasteiger partial charge in [-0.05, 0) is 62.9 Å². The Balaban J connectivity index is 0.00000289. The predicted molar refractivity (Wildman–Crippen MR) is 128 cm³/mol. The fourth-order valence-corrected chi connectivity index (χ4v) is 5.55. The highest BCUT2D eigenvalue weighted by Crippen LogP contribution is 2.40. The van der Waals surface area contributed by atoms with Crippen LogP contribution in [0.25, 0.3) is 11.3 Å². The summed E-state index contributed by atoms with van der Waals surface area (Å²) < 4.78 is 0. The van der Waals surface area contributed by atoms with Gasteiger partial charge in [0.1, 0.15) is 5.75 Å². The number of hydrogen-bond donors (Lipinski definition) is 3. The van der Waals surface area contributed by atoms with Crippen LogP contribution in [0.15, 0.2) is 29.1 Å². The third-order valence-corrected chi connectivity index (χ3v) is 7.10. The molecule has 7 nitrogen and oxygen atoms in total. The first kappa shape index (κ1) is 24.1. The first-order chi connectivity index (χ1) is 14.8. The summed E-state index contributed by atoms with van der Waals surface area (Å²) in [5, 5.41) is 19.6. The number of rotatable bonds is 5. The molecule has 1 aromatic heterocycles. The standard InChI is InChI=1S/C24H31N3O4.ClH/c1-4-17-21(25-23(29)20(22(17)28)24(30)31)14-8-10-16(11-9-14)27-12-15-6-5-7-19(26(2)3)18(15)13-27;/h8-11,15,18-19H,4-7,12-13H2,1-3H3,(H,30,31)(H2,25,28,29);1H/t15-,18+,19-;/m1./s1. The number of nitrogens with zero attached hydrogens (tertiary/aromatic N) is 2. The minimum atomic E-state index is -1.43. The molecule has 0 unspecified atom stereocenters. The van der Waals surface area contributed by atoms with Crippen molar-refractivity contribution in [2.24, 2.45) is 11.8 Å². The Morgan fingerprint density at radius 3 is 2.47 bits per heavy atom. The summed E-state index contributed by atoms with van der Waals surface area (Å²) in [5.41, 5.74) is 1.43. The second-order valence-electron chi connectivity index (χ2n) is 9.03. The largest absolute Gasteiger partial charge is 0.506 e. The van der Waals surface area contributed by atoms with Gasteiger partial charge >= 0.3 is 5.97 Å². The molecule has 8 heteroatoms. The molecule has 3 N–H and O–H groups in total. The van der Waals surface area contributed by atoms with Crippen molar-refractivity contribution >= 4 is 24.1 Å². The number of carbonyl (C=O) groups is 1. The zero-order valence-electron chi connectivity index (χ0n) is 18.8. The molecule has 0 amide bonds. The van der Waals surface area contributed by atoms with Gasteiger partial charge in [0.2, 0.25) is 0 Å². The van der Waals surface area contributed by atoms with Gasteiger partial charge in [0, 0.05) is 30.4 Å². The van der Waals surface area contributed by atoms with Crippen molar-refractivity contribution in [3.05, 3.63) is 45.7 Å². The van der Waals surface area contributed by atoms with E-state index in [1.165, 1.54) is 19.3 Å². The smallest absolute Gasteiger partial charge is 0.345 e. The quantitative estimate of drug-likeness (QED) is 0.629. The number of H-pyrrole nitrogens is 1. The number of aromatic hydroxyl groups is 1. The van der Waals surface area contributed by atoms with E-state index in [9.17, 15) is 19.8 Å². The SMILES string of the molecule is CCc1c(-c2ccc(N3C[C@H]4CCC[C@@H](N(C)C)[C@H]4C3)cc2)[nH]c(=O)c(C(=O)O)c1O.Cl. The molecule has 0 bridgehead atoms. The van der Waals surface area contributed by atoms with Gasteiger partial charge in [0.15, 0.2) is 5.56 Å². The van der Waals surface area contributed by atoms with Crippen molar-refractivity contribution in [1.82, 2.24) is 9.88 Å². The molecule has 1 saturated carbocycles. The number of fused-ring (bicyclic) bond motifs is 1. The monoisotopic (exact) mass is 461 g/mol. The van der Waals surface area contributed by atoms with Crippen LogP contribution < -0.4 is 10.5 Å². The fourth-order valence-electron chi connectivity index (χ4n) is 5.55. The molecule has 2 heterocycles. The lowest BCUT2D eigenvalue weighted by molar-refractivity contribution is 0.0691. The van der Waals surface area contributed by atoms with E-state index in [-0.39, 0.29) is 12.4 Å². The summed E-state index contributed by atoms with van der Waals surface area (Å²) in [4.78, 5) is 31.1. The number of anilines is 1. The van der Waals surface area contributed by atoms with Gasteiger partial charge in [-0.25, -0.2) is 4.79 Å². The summed E-state index contributed by atoms with van der Waals surface area (Å²) in [6.07, 6.45) is 4.25. The van der Waals surface area contributed by atoms with Crippen molar-refractivity contribution in [3.63, 3.8) is 0 Å². The number of aromatic nitrogens is 1. The molecule has 3 atom stereocenters. The second-order valence-corrected chi connectivity index (χ2v) is 9.03. The van der Waals surface area contributed by atoms with E-state index < -0.39 is 22.8 Å². The molecule has 1 saturated heterocycles. The van der Waals surface area contributed by atoms with Gasteiger partial charge in [-0.3, -0.25) is 4.79 Å². The zero-order chi connectivity index (χ0) is 22.3. The Hall–Kier alpha value is -2.51. The summed E-state index contributed by atoms with van der Waals surface area (Å²) in [5.74, 6) is -0.464. The molecular formula is C24H32ClN3O4. The minimum absolute atomic E-state index is 0. The summed E-state index contributed by atoms with van der Waals surface area (Å²) in [6.45, 7) is 3.95. The number of hydrogen-bond acceptors (Lipinski definition) is 5. The highest BCUT2D eigenvalue weighted by atomic mass is 35.5. The van der Waals surface area contributed by atoms with E-state index >= 15 is 0 Å². The third-order valence-electron chi connectivity index (χ3n) is 7.10. The minimum Gasteiger partial charge on any atom is -0.506 e. The van der Waals surface area contributed by atoms with Gasteiger partial charge in [0.05, 0.1) is 5.69 Å². The molecule has 174 valence electrons. The molecule has 32 heavy (non-hydrogen) atoms. The number of halogens is 1. The number of carboxylic acids is 1. The van der Waals surface area contributed by atoms with Crippen molar-refractivity contribution < 1.29 is 15.0 Å². The first-order valence-electron chi connectivity index (χ1n) is 11.0. The lowest BCUT2D eigenvalue weighted by Gasteiger charge is -2.37. The van der Waals surface area contributed by atoms with Gasteiger partial charge in [-0.1, -0.05) is 25.5 Å². The number of pyridine rings is 1. The van der Waals surface area contributed by atoms with Crippen molar-refractivity contribution in [2.45, 2.75) is 38.6 Å². The van der Waals surface area contributed by atoms with Crippen molar-refractivity contribution in [2.75, 3.05) is 32.1 Å². The Bertz CT molecular complexity index is 1030. The molecule has 2 aromatic rings. The summed E-state index contributed by atoms with van der Waals surface area (Å²) in [7, 11) is 4.36. The number of nitrogens with one attached hydrogen (secondary N) is 1. The van der Waals surface area contributed by atoms with Crippen LogP contribution in [0, 0.1) is 11.8 Å². The van der Waals surface area contributed by atoms with Crippen LogP contribution in [-0.2, 0) is 6.42 Å². The first-order valence-corrected chi connectivity index (χ1v) is 11.0. The van der Waals surface area contributed by atoms with Crippen molar-refractivity contribution in [3.8, 4) is 17.0 Å². The number of aromatic carboxylic acids is 1. The van der Waals surface area contributed by atoms with Crippen LogP contribution in [0.3, 0.4) is 0 Å². The number of carboxylic acid groups (broad SMARTS) is 1. The van der Waals surface area contributed by atoms with Crippen LogP contribution in [-0.4, -0.2) is 59.3 Å².